The second-order valence-corrected chi connectivity index (χ2v) is 6.00. The minimum Gasteiger partial charge on any atom is -0.268 e. The molecule has 0 N–H and O–H groups in total. The fourth-order valence-electron chi connectivity index (χ4n) is 2.02. The lowest BCUT2D eigenvalue weighted by molar-refractivity contribution is 0.965. The minimum absolute atomic E-state index is 0.0332. The van der Waals surface area contributed by atoms with Gasteiger partial charge < -0.3 is 0 Å². The Morgan fingerprint density at radius 3 is 2.58 bits per heavy atom. The zero-order chi connectivity index (χ0) is 13.6. The number of thiophene rings is 1. The van der Waals surface area contributed by atoms with Crippen LogP contribution in [0.5, 0.6) is 0 Å². The summed E-state index contributed by atoms with van der Waals surface area (Å²) in [6.45, 7) is 3.97. The van der Waals surface area contributed by atoms with Crippen molar-refractivity contribution in [2.24, 2.45) is 0 Å². The summed E-state index contributed by atoms with van der Waals surface area (Å²) in [5.41, 5.74) is 1.75. The first-order valence-corrected chi connectivity index (χ1v) is 7.00. The topological polar surface area (TPSA) is 34.9 Å². The molecular weight excluding hydrogens is 280 g/mol. The molecule has 0 unspecified atom stereocenters. The Labute approximate surface area is 119 Å². The van der Waals surface area contributed by atoms with Gasteiger partial charge in [-0.3, -0.25) is 9.36 Å². The van der Waals surface area contributed by atoms with Crippen molar-refractivity contribution in [1.82, 2.24) is 9.55 Å². The molecule has 0 aliphatic heterocycles. The maximum Gasteiger partial charge on any atom is 0.266 e. The lowest BCUT2D eigenvalue weighted by Crippen LogP contribution is -2.18. The molecule has 0 aliphatic carbocycles. The van der Waals surface area contributed by atoms with Gasteiger partial charge in [0.1, 0.15) is 11.2 Å². The van der Waals surface area contributed by atoms with Crippen LogP contribution >= 0.6 is 22.9 Å². The number of benzene rings is 1. The molecule has 96 valence electrons. The third-order valence-electron chi connectivity index (χ3n) is 3.19. The summed E-state index contributed by atoms with van der Waals surface area (Å²) in [6, 6.07) is 7.15. The largest absolute Gasteiger partial charge is 0.268 e. The molecule has 0 fully saturated rings. The molecule has 3 aromatic rings. The zero-order valence-electron chi connectivity index (χ0n) is 10.5. The Bertz CT molecular complexity index is 818. The van der Waals surface area contributed by atoms with Crippen molar-refractivity contribution in [3.63, 3.8) is 0 Å². The van der Waals surface area contributed by atoms with Crippen molar-refractivity contribution in [3.8, 4) is 5.69 Å². The van der Waals surface area contributed by atoms with Crippen molar-refractivity contribution < 1.29 is 0 Å². The van der Waals surface area contributed by atoms with E-state index in [1.807, 2.05) is 26.0 Å². The first kappa shape index (κ1) is 12.4. The van der Waals surface area contributed by atoms with Crippen molar-refractivity contribution in [3.05, 3.63) is 56.4 Å². The molecule has 19 heavy (non-hydrogen) atoms. The second-order valence-electron chi connectivity index (χ2n) is 4.36. The van der Waals surface area contributed by atoms with Gasteiger partial charge in [0.05, 0.1) is 11.1 Å². The molecule has 0 saturated carbocycles. The average Bonchev–Trinajstić information content (AvgIpc) is 2.68. The summed E-state index contributed by atoms with van der Waals surface area (Å²) in [7, 11) is 0. The van der Waals surface area contributed by atoms with Crippen molar-refractivity contribution in [2.75, 3.05) is 0 Å². The van der Waals surface area contributed by atoms with Crippen LogP contribution in [0.1, 0.15) is 10.4 Å². The van der Waals surface area contributed by atoms with E-state index in [0.717, 1.165) is 21.0 Å². The smallest absolute Gasteiger partial charge is 0.266 e. The predicted molar refractivity (Wildman–Crippen MR) is 79.7 cm³/mol. The molecule has 0 radical (unpaired) electrons. The van der Waals surface area contributed by atoms with Gasteiger partial charge in [0.2, 0.25) is 0 Å². The number of hydrogen-bond acceptors (Lipinski definition) is 3. The Morgan fingerprint density at radius 2 is 1.89 bits per heavy atom. The first-order chi connectivity index (χ1) is 9.08. The van der Waals surface area contributed by atoms with E-state index in [9.17, 15) is 4.79 Å². The number of nitrogens with zero attached hydrogens (tertiary/aromatic N) is 2. The molecule has 1 aromatic carbocycles. The molecule has 0 saturated heterocycles. The van der Waals surface area contributed by atoms with Crippen LogP contribution in [0.4, 0.5) is 0 Å². The van der Waals surface area contributed by atoms with Crippen LogP contribution in [-0.2, 0) is 0 Å². The number of hydrogen-bond donors (Lipinski definition) is 0. The molecule has 0 spiro atoms. The van der Waals surface area contributed by atoms with Crippen LogP contribution < -0.4 is 5.56 Å². The summed E-state index contributed by atoms with van der Waals surface area (Å²) in [5.74, 6) is 0. The maximum absolute atomic E-state index is 12.5. The quantitative estimate of drug-likeness (QED) is 0.685. The lowest BCUT2D eigenvalue weighted by Gasteiger charge is -2.05. The molecule has 3 nitrogen and oxygen atoms in total. The molecule has 0 amide bonds. The summed E-state index contributed by atoms with van der Waals surface area (Å²) in [6.07, 6.45) is 1.57. The average molecular weight is 291 g/mol. The van der Waals surface area contributed by atoms with Crippen LogP contribution in [0.25, 0.3) is 15.9 Å². The SMILES string of the molecule is Cc1sc2ncn(-c3ccc(Cl)cc3)c(=O)c2c1C. The highest BCUT2D eigenvalue weighted by atomic mass is 35.5. The number of rotatable bonds is 1. The van der Waals surface area contributed by atoms with Gasteiger partial charge >= 0.3 is 0 Å². The van der Waals surface area contributed by atoms with Gasteiger partial charge in [-0.25, -0.2) is 4.98 Å². The molecular formula is C14H11ClN2OS. The molecule has 2 heterocycles. The highest BCUT2D eigenvalue weighted by Crippen LogP contribution is 2.25. The van der Waals surface area contributed by atoms with Crippen LogP contribution in [0.15, 0.2) is 35.4 Å². The maximum atomic E-state index is 12.5. The van der Waals surface area contributed by atoms with E-state index in [1.165, 1.54) is 0 Å². The number of aryl methyl sites for hydroxylation is 2. The van der Waals surface area contributed by atoms with Gasteiger partial charge in [-0.05, 0) is 43.7 Å². The fourth-order valence-corrected chi connectivity index (χ4v) is 3.13. The summed E-state index contributed by atoms with van der Waals surface area (Å²) >= 11 is 7.41. The molecule has 5 heteroatoms. The van der Waals surface area contributed by atoms with E-state index < -0.39 is 0 Å². The van der Waals surface area contributed by atoms with E-state index in [0.29, 0.717) is 10.4 Å². The summed E-state index contributed by atoms with van der Waals surface area (Å²) < 4.78 is 1.55. The number of aromatic nitrogens is 2. The van der Waals surface area contributed by atoms with Crippen molar-refractivity contribution in [2.45, 2.75) is 13.8 Å². The van der Waals surface area contributed by atoms with E-state index >= 15 is 0 Å². The van der Waals surface area contributed by atoms with Gasteiger partial charge in [0, 0.05) is 9.90 Å². The predicted octanol–water partition coefficient (Wildman–Crippen LogP) is 3.72. The van der Waals surface area contributed by atoms with E-state index in [1.54, 1.807) is 34.4 Å². The summed E-state index contributed by atoms with van der Waals surface area (Å²) in [4.78, 5) is 18.8. The lowest BCUT2D eigenvalue weighted by atomic mass is 10.2. The van der Waals surface area contributed by atoms with Crippen LogP contribution in [0, 0.1) is 13.8 Å². The van der Waals surface area contributed by atoms with Crippen molar-refractivity contribution in [1.29, 1.82) is 0 Å². The second kappa shape index (κ2) is 4.47. The molecule has 3 rings (SSSR count). The Kier molecular flexibility index (Phi) is 2.92. The van der Waals surface area contributed by atoms with Gasteiger partial charge in [0.25, 0.3) is 5.56 Å². The van der Waals surface area contributed by atoms with E-state index in [4.69, 9.17) is 11.6 Å². The minimum atomic E-state index is -0.0332. The van der Waals surface area contributed by atoms with Gasteiger partial charge in [0.15, 0.2) is 0 Å². The normalized spacial score (nSPS) is 11.1. The zero-order valence-corrected chi connectivity index (χ0v) is 12.0. The van der Waals surface area contributed by atoms with Crippen LogP contribution in [-0.4, -0.2) is 9.55 Å². The third kappa shape index (κ3) is 1.97. The van der Waals surface area contributed by atoms with Crippen LogP contribution in [0.3, 0.4) is 0 Å². The number of fused-ring (bicyclic) bond motifs is 1. The molecule has 2 aromatic heterocycles. The fraction of sp³-hybridized carbons (Fsp3) is 0.143. The van der Waals surface area contributed by atoms with E-state index in [2.05, 4.69) is 4.98 Å². The number of halogens is 1. The van der Waals surface area contributed by atoms with Gasteiger partial charge in [-0.2, -0.15) is 0 Å². The Morgan fingerprint density at radius 1 is 1.21 bits per heavy atom. The Balaban J connectivity index is 2.31. The molecule has 0 aliphatic rings. The first-order valence-electron chi connectivity index (χ1n) is 5.81. The monoisotopic (exact) mass is 290 g/mol. The standard InChI is InChI=1S/C14H11ClN2OS/c1-8-9(2)19-13-12(8)14(18)17(7-16-13)11-5-3-10(15)4-6-11/h3-7H,1-2H3. The van der Waals surface area contributed by atoms with E-state index in [-0.39, 0.29) is 5.56 Å². The highest BCUT2D eigenvalue weighted by Gasteiger charge is 2.12. The molecule has 0 bridgehead atoms. The van der Waals surface area contributed by atoms with Crippen molar-refractivity contribution >= 4 is 33.2 Å². The molecule has 0 atom stereocenters. The highest BCUT2D eigenvalue weighted by molar-refractivity contribution is 7.18. The summed E-state index contributed by atoms with van der Waals surface area (Å²) in [5, 5.41) is 1.35. The van der Waals surface area contributed by atoms with Gasteiger partial charge in [-0.15, -0.1) is 11.3 Å². The Hall–Kier alpha value is -1.65. The van der Waals surface area contributed by atoms with Gasteiger partial charge in [-0.1, -0.05) is 11.6 Å². The van der Waals surface area contributed by atoms with Crippen LogP contribution in [0.2, 0.25) is 5.02 Å². The third-order valence-corrected chi connectivity index (χ3v) is 4.56.